The first-order valence-corrected chi connectivity index (χ1v) is 6.20. The van der Waals surface area contributed by atoms with E-state index in [4.69, 9.17) is 0 Å². The highest BCUT2D eigenvalue weighted by atomic mass is 19.1. The molecule has 0 fully saturated rings. The predicted molar refractivity (Wildman–Crippen MR) is 72.7 cm³/mol. The quantitative estimate of drug-likeness (QED) is 0.765. The van der Waals surface area contributed by atoms with Crippen LogP contribution in [0.2, 0.25) is 0 Å². The van der Waals surface area contributed by atoms with Crippen molar-refractivity contribution >= 4 is 16.7 Å². The minimum atomic E-state index is -0.357. The van der Waals surface area contributed by atoms with Gasteiger partial charge in [-0.15, -0.1) is 0 Å². The van der Waals surface area contributed by atoms with Crippen molar-refractivity contribution < 1.29 is 4.39 Å². The summed E-state index contributed by atoms with van der Waals surface area (Å²) in [6.45, 7) is 3.71. The van der Waals surface area contributed by atoms with Crippen molar-refractivity contribution in [2.24, 2.45) is 0 Å². The maximum Gasteiger partial charge on any atom is 0.172 e. The summed E-state index contributed by atoms with van der Waals surface area (Å²) >= 11 is 0. The van der Waals surface area contributed by atoms with Crippen molar-refractivity contribution in [1.82, 2.24) is 25.1 Å². The van der Waals surface area contributed by atoms with E-state index in [1.807, 2.05) is 13.8 Å². The molecule has 2 aromatic heterocycles. The smallest absolute Gasteiger partial charge is 0.172 e. The van der Waals surface area contributed by atoms with Crippen LogP contribution in [-0.2, 0) is 0 Å². The van der Waals surface area contributed by atoms with Gasteiger partial charge in [-0.05, 0) is 26.0 Å². The summed E-state index contributed by atoms with van der Waals surface area (Å²) in [5.41, 5.74) is 0.556. The number of anilines is 1. The zero-order chi connectivity index (χ0) is 14.1. The molecule has 0 bridgehead atoms. The van der Waals surface area contributed by atoms with E-state index >= 15 is 0 Å². The Labute approximate surface area is 114 Å². The fourth-order valence-corrected chi connectivity index (χ4v) is 2.00. The average Bonchev–Trinajstić information content (AvgIpc) is 2.86. The summed E-state index contributed by atoms with van der Waals surface area (Å²) in [5, 5.41) is 10.3. The Morgan fingerprint density at radius 2 is 2.15 bits per heavy atom. The molecular weight excluding hydrogens is 259 g/mol. The van der Waals surface area contributed by atoms with Gasteiger partial charge in [-0.2, -0.15) is 5.10 Å². The summed E-state index contributed by atoms with van der Waals surface area (Å²) in [5.74, 6) is 1.41. The zero-order valence-corrected chi connectivity index (χ0v) is 11.1. The van der Waals surface area contributed by atoms with Gasteiger partial charge in [-0.3, -0.25) is 5.10 Å². The third-order valence-electron chi connectivity index (χ3n) is 2.97. The largest absolute Gasteiger partial charge is 0.360 e. The highest BCUT2D eigenvalue weighted by Crippen LogP contribution is 2.25. The molecule has 1 atom stereocenters. The normalized spacial score (nSPS) is 12.6. The van der Waals surface area contributed by atoms with Crippen LogP contribution < -0.4 is 5.32 Å². The molecular formula is C13H13FN6. The van der Waals surface area contributed by atoms with Crippen LogP contribution in [0.25, 0.3) is 10.9 Å². The van der Waals surface area contributed by atoms with Crippen LogP contribution in [0.5, 0.6) is 0 Å². The van der Waals surface area contributed by atoms with Crippen LogP contribution >= 0.6 is 0 Å². The summed E-state index contributed by atoms with van der Waals surface area (Å²) < 4.78 is 13.9. The molecule has 0 unspecified atom stereocenters. The van der Waals surface area contributed by atoms with E-state index in [0.717, 1.165) is 5.82 Å². The first-order valence-electron chi connectivity index (χ1n) is 6.20. The van der Waals surface area contributed by atoms with E-state index < -0.39 is 0 Å². The van der Waals surface area contributed by atoms with E-state index in [9.17, 15) is 4.39 Å². The topological polar surface area (TPSA) is 79.4 Å². The third-order valence-corrected chi connectivity index (χ3v) is 2.97. The third kappa shape index (κ3) is 2.18. The Morgan fingerprint density at radius 3 is 2.90 bits per heavy atom. The highest BCUT2D eigenvalue weighted by molar-refractivity contribution is 5.89. The molecule has 3 aromatic rings. The van der Waals surface area contributed by atoms with Gasteiger partial charge in [-0.1, -0.05) is 6.07 Å². The fourth-order valence-electron chi connectivity index (χ4n) is 2.00. The summed E-state index contributed by atoms with van der Waals surface area (Å²) in [7, 11) is 0. The minimum Gasteiger partial charge on any atom is -0.360 e. The van der Waals surface area contributed by atoms with Crippen molar-refractivity contribution in [1.29, 1.82) is 0 Å². The van der Waals surface area contributed by atoms with Crippen molar-refractivity contribution in [2.75, 3.05) is 5.32 Å². The van der Waals surface area contributed by atoms with E-state index in [0.29, 0.717) is 22.5 Å². The number of benzene rings is 1. The van der Waals surface area contributed by atoms with Gasteiger partial charge in [0.2, 0.25) is 0 Å². The highest BCUT2D eigenvalue weighted by Gasteiger charge is 2.14. The lowest BCUT2D eigenvalue weighted by atomic mass is 10.2. The number of aromatic amines is 1. The summed E-state index contributed by atoms with van der Waals surface area (Å²) in [6.07, 6.45) is 1.40. The van der Waals surface area contributed by atoms with Gasteiger partial charge >= 0.3 is 0 Å². The molecule has 0 saturated carbocycles. The zero-order valence-electron chi connectivity index (χ0n) is 11.1. The molecule has 1 aromatic carbocycles. The van der Waals surface area contributed by atoms with Gasteiger partial charge in [-0.25, -0.2) is 19.3 Å². The summed E-state index contributed by atoms with van der Waals surface area (Å²) in [4.78, 5) is 12.4. The minimum absolute atomic E-state index is 0.197. The maximum absolute atomic E-state index is 13.9. The number of aryl methyl sites for hydroxylation is 1. The molecule has 0 aliphatic heterocycles. The second-order valence-corrected chi connectivity index (χ2v) is 4.50. The number of nitrogens with zero attached hydrogens (tertiary/aromatic N) is 4. The van der Waals surface area contributed by atoms with Crippen LogP contribution in [0, 0.1) is 12.7 Å². The van der Waals surface area contributed by atoms with Gasteiger partial charge in [0.15, 0.2) is 5.82 Å². The number of hydrogen-bond donors (Lipinski definition) is 2. The van der Waals surface area contributed by atoms with Crippen LogP contribution in [0.1, 0.15) is 24.6 Å². The number of hydrogen-bond acceptors (Lipinski definition) is 5. The van der Waals surface area contributed by atoms with Gasteiger partial charge in [0.05, 0.1) is 16.9 Å². The van der Waals surface area contributed by atoms with E-state index in [2.05, 4.69) is 30.5 Å². The van der Waals surface area contributed by atoms with Gasteiger partial charge < -0.3 is 5.32 Å². The SMILES string of the molecule is Cc1nc([C@H](C)Nc2ncnc3cccc(F)c23)n[nH]1. The molecule has 0 aliphatic carbocycles. The van der Waals surface area contributed by atoms with Gasteiger partial charge in [0.1, 0.15) is 23.8 Å². The van der Waals surface area contributed by atoms with Crippen LogP contribution in [0.4, 0.5) is 10.2 Å². The molecule has 7 heteroatoms. The van der Waals surface area contributed by atoms with E-state index in [1.54, 1.807) is 12.1 Å². The van der Waals surface area contributed by atoms with Crippen molar-refractivity contribution in [3.05, 3.63) is 42.0 Å². The number of rotatable bonds is 3. The molecule has 102 valence electrons. The second-order valence-electron chi connectivity index (χ2n) is 4.50. The maximum atomic E-state index is 13.9. The lowest BCUT2D eigenvalue weighted by Crippen LogP contribution is -2.10. The monoisotopic (exact) mass is 272 g/mol. The first-order chi connectivity index (χ1) is 9.65. The Hall–Kier alpha value is -2.57. The van der Waals surface area contributed by atoms with Crippen LogP contribution in [0.3, 0.4) is 0 Å². The Morgan fingerprint density at radius 1 is 1.30 bits per heavy atom. The molecule has 2 N–H and O–H groups in total. The lowest BCUT2D eigenvalue weighted by molar-refractivity contribution is 0.639. The summed E-state index contributed by atoms with van der Waals surface area (Å²) in [6, 6.07) is 4.56. The number of nitrogens with one attached hydrogen (secondary N) is 2. The van der Waals surface area contributed by atoms with Crippen LogP contribution in [-0.4, -0.2) is 25.1 Å². The fraction of sp³-hybridized carbons (Fsp3) is 0.231. The predicted octanol–water partition coefficient (Wildman–Crippen LogP) is 2.37. The van der Waals surface area contributed by atoms with E-state index in [-0.39, 0.29) is 11.9 Å². The van der Waals surface area contributed by atoms with Gasteiger partial charge in [0, 0.05) is 0 Å². The standard InChI is InChI=1S/C13H13FN6/c1-7(12-18-8(2)19-20-12)17-13-11-9(14)4-3-5-10(11)15-6-16-13/h3-7H,1-2H3,(H,15,16,17)(H,18,19,20)/t7-/m0/s1. The molecule has 20 heavy (non-hydrogen) atoms. The van der Waals surface area contributed by atoms with Crippen LogP contribution in [0.15, 0.2) is 24.5 Å². The van der Waals surface area contributed by atoms with Crippen molar-refractivity contribution in [3.63, 3.8) is 0 Å². The van der Waals surface area contributed by atoms with Crippen molar-refractivity contribution in [3.8, 4) is 0 Å². The molecule has 0 saturated heterocycles. The number of aromatic nitrogens is 5. The molecule has 3 rings (SSSR count). The second kappa shape index (κ2) is 4.84. The average molecular weight is 272 g/mol. The first kappa shape index (κ1) is 12.5. The van der Waals surface area contributed by atoms with Gasteiger partial charge in [0.25, 0.3) is 0 Å². The number of halogens is 1. The van der Waals surface area contributed by atoms with E-state index in [1.165, 1.54) is 12.4 Å². The van der Waals surface area contributed by atoms with Crippen molar-refractivity contribution in [2.45, 2.75) is 19.9 Å². The Bertz CT molecular complexity index is 748. The molecule has 2 heterocycles. The number of fused-ring (bicyclic) bond motifs is 1. The molecule has 6 nitrogen and oxygen atoms in total. The number of H-pyrrole nitrogens is 1. The molecule has 0 spiro atoms. The molecule has 0 aliphatic rings. The molecule has 0 radical (unpaired) electrons. The lowest BCUT2D eigenvalue weighted by Gasteiger charge is -2.13. The Kier molecular flexibility index (Phi) is 3.02. The molecule has 0 amide bonds. The Balaban J connectivity index is 1.99.